The van der Waals surface area contributed by atoms with Gasteiger partial charge in [-0.3, -0.25) is 0 Å². The molecule has 7 heteroatoms. The van der Waals surface area contributed by atoms with Crippen molar-refractivity contribution in [1.29, 1.82) is 0 Å². The molecule has 3 nitrogen and oxygen atoms in total. The van der Waals surface area contributed by atoms with Crippen LogP contribution in [0.1, 0.15) is 5.56 Å². The van der Waals surface area contributed by atoms with Gasteiger partial charge >= 0.3 is 0 Å². The maximum absolute atomic E-state index is 13.4. The van der Waals surface area contributed by atoms with Crippen molar-refractivity contribution in [3.63, 3.8) is 0 Å². The van der Waals surface area contributed by atoms with Crippen LogP contribution in [0.2, 0.25) is 0 Å². The molecule has 17 heavy (non-hydrogen) atoms. The Morgan fingerprint density at radius 3 is 2.29 bits per heavy atom. The Bertz CT molecular complexity index is 621. The Morgan fingerprint density at radius 2 is 1.71 bits per heavy atom. The molecule has 2 aromatic rings. The number of carboxylic acid groups (broad SMARTS) is 1. The second kappa shape index (κ2) is 3.76. The predicted octanol–water partition coefficient (Wildman–Crippen LogP) is 1.02. The summed E-state index contributed by atoms with van der Waals surface area (Å²) in [5.41, 5.74) is -0.826. The summed E-state index contributed by atoms with van der Waals surface area (Å²) in [7, 11) is 0. The molecule has 0 unspecified atom stereocenters. The van der Waals surface area contributed by atoms with Crippen molar-refractivity contribution in [2.45, 2.75) is 6.42 Å². The number of benzene rings is 1. The lowest BCUT2D eigenvalue weighted by molar-refractivity contribution is -0.304. The van der Waals surface area contributed by atoms with Crippen molar-refractivity contribution in [2.75, 3.05) is 0 Å². The van der Waals surface area contributed by atoms with Crippen molar-refractivity contribution in [1.82, 2.24) is 4.98 Å². The largest absolute Gasteiger partial charge is 0.550 e. The molecule has 0 bridgehead atoms. The van der Waals surface area contributed by atoms with Crippen molar-refractivity contribution >= 4 is 16.9 Å². The summed E-state index contributed by atoms with van der Waals surface area (Å²) in [4.78, 5) is 12.5. The van der Waals surface area contributed by atoms with E-state index in [1.807, 2.05) is 0 Å². The fraction of sp³-hybridized carbons (Fsp3) is 0.100. The van der Waals surface area contributed by atoms with Crippen LogP contribution < -0.4 is 5.11 Å². The smallest absolute Gasteiger partial charge is 0.199 e. The fourth-order valence-electron chi connectivity index (χ4n) is 1.60. The first-order valence-corrected chi connectivity index (χ1v) is 4.45. The molecule has 0 spiro atoms. The zero-order chi connectivity index (χ0) is 12.7. The Labute approximate surface area is 91.7 Å². The van der Waals surface area contributed by atoms with Gasteiger partial charge in [0.2, 0.25) is 0 Å². The average Bonchev–Trinajstić information content (AvgIpc) is 2.66. The number of H-pyrrole nitrogens is 1. The van der Waals surface area contributed by atoms with Crippen LogP contribution in [0, 0.1) is 23.3 Å². The second-order valence-electron chi connectivity index (χ2n) is 3.37. The lowest BCUT2D eigenvalue weighted by Crippen LogP contribution is -2.24. The molecule has 0 fully saturated rings. The molecule has 0 atom stereocenters. The van der Waals surface area contributed by atoms with Gasteiger partial charge in [0.1, 0.15) is 0 Å². The topological polar surface area (TPSA) is 55.9 Å². The van der Waals surface area contributed by atoms with E-state index in [4.69, 9.17) is 0 Å². The van der Waals surface area contributed by atoms with Crippen LogP contribution in [0.4, 0.5) is 17.6 Å². The number of carboxylic acids is 1. The molecule has 1 aromatic carbocycles. The Kier molecular flexibility index (Phi) is 2.53. The lowest BCUT2D eigenvalue weighted by Gasteiger charge is -2.03. The lowest BCUT2D eigenvalue weighted by atomic mass is 10.1. The highest BCUT2D eigenvalue weighted by Crippen LogP contribution is 2.28. The van der Waals surface area contributed by atoms with Crippen molar-refractivity contribution in [3.8, 4) is 0 Å². The maximum Gasteiger partial charge on any atom is 0.199 e. The Morgan fingerprint density at radius 1 is 1.12 bits per heavy atom. The first kappa shape index (κ1) is 11.4. The van der Waals surface area contributed by atoms with E-state index >= 15 is 0 Å². The number of hydrogen-bond donors (Lipinski definition) is 1. The maximum atomic E-state index is 13.4. The van der Waals surface area contributed by atoms with Gasteiger partial charge in [0, 0.05) is 24.0 Å². The molecule has 0 aliphatic carbocycles. The van der Waals surface area contributed by atoms with Gasteiger partial charge in [-0.2, -0.15) is 0 Å². The van der Waals surface area contributed by atoms with Crippen molar-refractivity contribution in [3.05, 3.63) is 35.0 Å². The number of aromatic amines is 1. The number of nitrogens with one attached hydrogen (secondary N) is 1. The van der Waals surface area contributed by atoms with E-state index in [9.17, 15) is 27.5 Å². The molecule has 1 N–H and O–H groups in total. The molecule has 1 heterocycles. The first-order valence-electron chi connectivity index (χ1n) is 4.45. The van der Waals surface area contributed by atoms with Gasteiger partial charge in [0.15, 0.2) is 23.3 Å². The van der Waals surface area contributed by atoms with Crippen LogP contribution in [-0.2, 0) is 11.2 Å². The number of halogens is 4. The highest BCUT2D eigenvalue weighted by molar-refractivity contribution is 5.87. The summed E-state index contributed by atoms with van der Waals surface area (Å²) in [5.74, 6) is -8.69. The van der Waals surface area contributed by atoms with Crippen LogP contribution in [0.3, 0.4) is 0 Å². The molecule has 0 amide bonds. The number of hydrogen-bond acceptors (Lipinski definition) is 2. The molecule has 1 aromatic heterocycles. The van der Waals surface area contributed by atoms with E-state index in [0.717, 1.165) is 6.20 Å². The minimum absolute atomic E-state index is 0.213. The van der Waals surface area contributed by atoms with Crippen LogP contribution >= 0.6 is 0 Å². The standard InChI is InChI=1S/C10H5F4NO2/c11-6-5-3(1-4(16)17)2-15-10(5)9(14)8(13)7(6)12/h2,15H,1H2,(H,16,17)/p-1. The zero-order valence-electron chi connectivity index (χ0n) is 8.11. The number of aliphatic carboxylic acids is 1. The number of aromatic nitrogens is 1. The number of fused-ring (bicyclic) bond motifs is 1. The molecule has 0 saturated heterocycles. The normalized spacial score (nSPS) is 11.1. The quantitative estimate of drug-likeness (QED) is 0.488. The average molecular weight is 246 g/mol. The summed E-state index contributed by atoms with van der Waals surface area (Å²) in [6.07, 6.45) is 0.229. The molecular weight excluding hydrogens is 242 g/mol. The van der Waals surface area contributed by atoms with Crippen LogP contribution in [-0.4, -0.2) is 11.0 Å². The molecule has 0 aliphatic heterocycles. The minimum atomic E-state index is -1.98. The molecule has 0 radical (unpaired) electrons. The third-order valence-electron chi connectivity index (χ3n) is 2.31. The molecule has 0 aliphatic rings. The van der Waals surface area contributed by atoms with Crippen LogP contribution in [0.15, 0.2) is 6.20 Å². The van der Waals surface area contributed by atoms with Crippen molar-refractivity contribution in [2.24, 2.45) is 0 Å². The summed E-state index contributed by atoms with van der Waals surface area (Å²) in [5, 5.41) is 9.73. The predicted molar refractivity (Wildman–Crippen MR) is 46.8 cm³/mol. The second-order valence-corrected chi connectivity index (χ2v) is 3.37. The fourth-order valence-corrected chi connectivity index (χ4v) is 1.60. The van der Waals surface area contributed by atoms with E-state index in [1.54, 1.807) is 0 Å². The highest BCUT2D eigenvalue weighted by atomic mass is 19.2. The Balaban J connectivity index is 2.80. The van der Waals surface area contributed by atoms with E-state index in [2.05, 4.69) is 4.98 Å². The van der Waals surface area contributed by atoms with E-state index in [1.165, 1.54) is 0 Å². The van der Waals surface area contributed by atoms with E-state index in [-0.39, 0.29) is 5.56 Å². The SMILES string of the molecule is O=C([O-])Cc1c[nH]c2c(F)c(F)c(F)c(F)c12. The van der Waals surface area contributed by atoms with Gasteiger partial charge in [-0.05, 0) is 5.56 Å². The summed E-state index contributed by atoms with van der Waals surface area (Å²) >= 11 is 0. The van der Waals surface area contributed by atoms with Gasteiger partial charge in [-0.15, -0.1) is 0 Å². The number of carbonyl (C=O) groups is 1. The highest BCUT2D eigenvalue weighted by Gasteiger charge is 2.23. The monoisotopic (exact) mass is 246 g/mol. The number of rotatable bonds is 2. The third kappa shape index (κ3) is 1.63. The van der Waals surface area contributed by atoms with Crippen LogP contribution in [0.25, 0.3) is 10.9 Å². The third-order valence-corrected chi connectivity index (χ3v) is 2.31. The first-order chi connectivity index (χ1) is 7.93. The summed E-state index contributed by atoms with van der Waals surface area (Å²) in [6, 6.07) is 0. The van der Waals surface area contributed by atoms with E-state index < -0.39 is 46.6 Å². The summed E-state index contributed by atoms with van der Waals surface area (Å²) < 4.78 is 52.4. The molecular formula is C10H4F4NO2-. The molecule has 90 valence electrons. The van der Waals surface area contributed by atoms with Gasteiger partial charge in [0.05, 0.1) is 5.52 Å². The zero-order valence-corrected chi connectivity index (χ0v) is 8.11. The number of carbonyl (C=O) groups excluding carboxylic acids is 1. The molecule has 2 rings (SSSR count). The molecule has 0 saturated carbocycles. The summed E-state index contributed by atoms with van der Waals surface area (Å²) in [6.45, 7) is 0. The van der Waals surface area contributed by atoms with Crippen LogP contribution in [0.5, 0.6) is 0 Å². The van der Waals surface area contributed by atoms with Gasteiger partial charge in [-0.25, -0.2) is 17.6 Å². The van der Waals surface area contributed by atoms with Gasteiger partial charge < -0.3 is 14.9 Å². The Hall–Kier alpha value is -2.05. The minimum Gasteiger partial charge on any atom is -0.550 e. The van der Waals surface area contributed by atoms with Gasteiger partial charge in [-0.1, -0.05) is 0 Å². The van der Waals surface area contributed by atoms with Crippen molar-refractivity contribution < 1.29 is 27.5 Å². The van der Waals surface area contributed by atoms with Gasteiger partial charge in [0.25, 0.3) is 0 Å². The van der Waals surface area contributed by atoms with E-state index in [0.29, 0.717) is 0 Å².